The number of sulfonamides is 1. The van der Waals surface area contributed by atoms with Crippen LogP contribution in [0.1, 0.15) is 57.3 Å². The van der Waals surface area contributed by atoms with Gasteiger partial charge in [0.15, 0.2) is 0 Å². The van der Waals surface area contributed by atoms with E-state index in [1.165, 1.54) is 47.0 Å². The Hall–Kier alpha value is -2.23. The van der Waals surface area contributed by atoms with Crippen LogP contribution in [-0.2, 0) is 27.6 Å². The number of rotatable bonds is 5. The molecule has 31 heavy (non-hydrogen) atoms. The van der Waals surface area contributed by atoms with Crippen molar-refractivity contribution < 1.29 is 22.7 Å². The number of aryl methyl sites for hydroxylation is 1. The maximum atomic E-state index is 12.9. The second kappa shape index (κ2) is 8.72. The number of carbonyl (C=O) groups is 2. The van der Waals surface area contributed by atoms with Crippen molar-refractivity contribution in [1.82, 2.24) is 4.31 Å². The van der Waals surface area contributed by atoms with Gasteiger partial charge >= 0.3 is 5.97 Å². The summed E-state index contributed by atoms with van der Waals surface area (Å²) in [5.74, 6) is -0.307. The van der Waals surface area contributed by atoms with E-state index >= 15 is 0 Å². The minimum absolute atomic E-state index is 0.184. The Balaban J connectivity index is 1.52. The highest BCUT2D eigenvalue weighted by atomic mass is 32.2. The predicted molar refractivity (Wildman–Crippen MR) is 119 cm³/mol. The summed E-state index contributed by atoms with van der Waals surface area (Å²) < 4.78 is 32.2. The van der Waals surface area contributed by atoms with Gasteiger partial charge in [0.1, 0.15) is 5.00 Å². The molecule has 2 aromatic rings. The van der Waals surface area contributed by atoms with Crippen molar-refractivity contribution in [2.45, 2.75) is 43.9 Å². The van der Waals surface area contributed by atoms with E-state index in [0.717, 1.165) is 42.5 Å². The van der Waals surface area contributed by atoms with Gasteiger partial charge in [0, 0.05) is 23.5 Å². The number of carbonyl (C=O) groups excluding carboxylic acids is 2. The lowest BCUT2D eigenvalue weighted by atomic mass is 10.0. The zero-order valence-electron chi connectivity index (χ0n) is 17.6. The van der Waals surface area contributed by atoms with Crippen LogP contribution in [0.15, 0.2) is 29.2 Å². The Bertz CT molecular complexity index is 1100. The molecular weight excluding hydrogens is 436 g/mol. The van der Waals surface area contributed by atoms with Crippen molar-refractivity contribution in [2.75, 3.05) is 25.5 Å². The summed E-state index contributed by atoms with van der Waals surface area (Å²) in [5.41, 5.74) is 1.73. The molecule has 7 nitrogen and oxygen atoms in total. The number of benzene rings is 1. The molecule has 1 aromatic carbocycles. The second-order valence-corrected chi connectivity index (χ2v) is 11.2. The second-order valence-electron chi connectivity index (χ2n) is 8.12. The van der Waals surface area contributed by atoms with Crippen LogP contribution in [0.4, 0.5) is 5.00 Å². The molecular formula is C22H26N2O5S2. The van der Waals surface area contributed by atoms with E-state index in [1.54, 1.807) is 0 Å². The molecule has 1 amide bonds. The third-order valence-electron chi connectivity index (χ3n) is 6.03. The minimum Gasteiger partial charge on any atom is -0.465 e. The van der Waals surface area contributed by atoms with E-state index in [1.807, 2.05) is 0 Å². The van der Waals surface area contributed by atoms with E-state index in [0.29, 0.717) is 35.1 Å². The van der Waals surface area contributed by atoms with Gasteiger partial charge < -0.3 is 10.1 Å². The molecule has 1 aliphatic carbocycles. The Morgan fingerprint density at radius 3 is 2.45 bits per heavy atom. The van der Waals surface area contributed by atoms with Gasteiger partial charge in [-0.15, -0.1) is 11.3 Å². The van der Waals surface area contributed by atoms with Crippen molar-refractivity contribution in [3.8, 4) is 0 Å². The monoisotopic (exact) mass is 462 g/mol. The van der Waals surface area contributed by atoms with Crippen LogP contribution in [0, 0.1) is 5.92 Å². The summed E-state index contributed by atoms with van der Waals surface area (Å²) in [4.78, 5) is 26.3. The number of nitrogens with one attached hydrogen (secondary N) is 1. The smallest absolute Gasteiger partial charge is 0.341 e. The number of esters is 1. The molecule has 0 saturated carbocycles. The molecule has 2 heterocycles. The van der Waals surface area contributed by atoms with Crippen molar-refractivity contribution in [2.24, 2.45) is 5.92 Å². The van der Waals surface area contributed by atoms with Gasteiger partial charge in [-0.1, -0.05) is 6.92 Å². The van der Waals surface area contributed by atoms with Crippen LogP contribution in [0.2, 0.25) is 0 Å². The SMILES string of the molecule is COC(=O)c1c(NC(=O)c2ccc(S(=O)(=O)N3CCC(C)CC3)cc2)sc2c1CCC2. The average molecular weight is 463 g/mol. The molecule has 1 aliphatic heterocycles. The van der Waals surface area contributed by atoms with Crippen molar-refractivity contribution in [3.05, 3.63) is 45.8 Å². The highest BCUT2D eigenvalue weighted by Gasteiger charge is 2.29. The molecule has 2 aliphatic rings. The zero-order valence-corrected chi connectivity index (χ0v) is 19.3. The van der Waals surface area contributed by atoms with Crippen LogP contribution < -0.4 is 5.32 Å². The molecule has 166 valence electrons. The van der Waals surface area contributed by atoms with Crippen LogP contribution in [0.5, 0.6) is 0 Å². The third kappa shape index (κ3) is 4.26. The van der Waals surface area contributed by atoms with E-state index < -0.39 is 16.0 Å². The molecule has 0 atom stereocenters. The first-order valence-electron chi connectivity index (χ1n) is 10.5. The molecule has 0 radical (unpaired) electrons. The van der Waals surface area contributed by atoms with Gasteiger partial charge in [0.2, 0.25) is 10.0 Å². The van der Waals surface area contributed by atoms with Crippen LogP contribution in [0.25, 0.3) is 0 Å². The topological polar surface area (TPSA) is 92.8 Å². The number of amides is 1. The van der Waals surface area contributed by atoms with E-state index in [4.69, 9.17) is 4.74 Å². The molecule has 0 bridgehead atoms. The lowest BCUT2D eigenvalue weighted by Gasteiger charge is -2.29. The quantitative estimate of drug-likeness (QED) is 0.684. The number of fused-ring (bicyclic) bond motifs is 1. The predicted octanol–water partition coefficient (Wildman–Crippen LogP) is 3.70. The number of anilines is 1. The van der Waals surface area contributed by atoms with Crippen molar-refractivity contribution >= 4 is 38.2 Å². The highest BCUT2D eigenvalue weighted by molar-refractivity contribution is 7.89. The van der Waals surface area contributed by atoms with Gasteiger partial charge in [-0.3, -0.25) is 4.79 Å². The average Bonchev–Trinajstić information content (AvgIpc) is 3.34. The van der Waals surface area contributed by atoms with Crippen LogP contribution >= 0.6 is 11.3 Å². The van der Waals surface area contributed by atoms with E-state index in [-0.39, 0.29) is 10.8 Å². The maximum Gasteiger partial charge on any atom is 0.341 e. The van der Waals surface area contributed by atoms with Gasteiger partial charge in [0.05, 0.1) is 17.6 Å². The lowest BCUT2D eigenvalue weighted by molar-refractivity contribution is 0.0601. The molecule has 9 heteroatoms. The highest BCUT2D eigenvalue weighted by Crippen LogP contribution is 2.39. The number of piperidine rings is 1. The maximum absolute atomic E-state index is 12.9. The first-order chi connectivity index (χ1) is 14.8. The van der Waals surface area contributed by atoms with Crippen LogP contribution in [0.3, 0.4) is 0 Å². The van der Waals surface area contributed by atoms with E-state index in [9.17, 15) is 18.0 Å². The Morgan fingerprint density at radius 1 is 1.13 bits per heavy atom. The molecule has 0 spiro atoms. The van der Waals surface area contributed by atoms with Gasteiger partial charge in [-0.05, 0) is 67.9 Å². The summed E-state index contributed by atoms with van der Waals surface area (Å²) in [7, 11) is -2.24. The van der Waals surface area contributed by atoms with Crippen molar-refractivity contribution in [1.29, 1.82) is 0 Å². The molecule has 1 saturated heterocycles. The number of ether oxygens (including phenoxy) is 1. The Kier molecular flexibility index (Phi) is 6.18. The number of nitrogens with zero attached hydrogens (tertiary/aromatic N) is 1. The fourth-order valence-corrected chi connectivity index (χ4v) is 6.88. The Labute approximate surface area is 186 Å². The van der Waals surface area contributed by atoms with Gasteiger partial charge in [-0.2, -0.15) is 4.31 Å². The largest absolute Gasteiger partial charge is 0.465 e. The molecule has 0 unspecified atom stereocenters. The molecule has 1 fully saturated rings. The summed E-state index contributed by atoms with van der Waals surface area (Å²) in [6.07, 6.45) is 4.39. The van der Waals surface area contributed by atoms with Crippen LogP contribution in [-0.4, -0.2) is 44.8 Å². The number of hydrogen-bond acceptors (Lipinski definition) is 6. The Morgan fingerprint density at radius 2 is 1.81 bits per heavy atom. The van der Waals surface area contributed by atoms with Gasteiger partial charge in [0.25, 0.3) is 5.91 Å². The number of thiophene rings is 1. The molecule has 4 rings (SSSR count). The fraction of sp³-hybridized carbons (Fsp3) is 0.455. The van der Waals surface area contributed by atoms with E-state index in [2.05, 4.69) is 12.2 Å². The van der Waals surface area contributed by atoms with Gasteiger partial charge in [-0.25, -0.2) is 13.2 Å². The fourth-order valence-electron chi connectivity index (χ4n) is 4.14. The number of hydrogen-bond donors (Lipinski definition) is 1. The summed E-state index contributed by atoms with van der Waals surface area (Å²) in [5, 5.41) is 3.30. The summed E-state index contributed by atoms with van der Waals surface area (Å²) in [6.45, 7) is 3.17. The molecule has 1 aromatic heterocycles. The lowest BCUT2D eigenvalue weighted by Crippen LogP contribution is -2.37. The molecule has 1 N–H and O–H groups in total. The standard InChI is InChI=1S/C22H26N2O5S2/c1-14-10-12-24(13-11-14)31(27,28)16-8-6-15(7-9-16)20(25)23-21-19(22(26)29-2)17-4-3-5-18(17)30-21/h6-9,14H,3-5,10-13H2,1-2H3,(H,23,25). The van der Waals surface area contributed by atoms with Crippen molar-refractivity contribution in [3.63, 3.8) is 0 Å². The normalized spacial score (nSPS) is 17.4. The summed E-state index contributed by atoms with van der Waals surface area (Å²) in [6, 6.07) is 5.96. The summed E-state index contributed by atoms with van der Waals surface area (Å²) >= 11 is 1.41. The third-order valence-corrected chi connectivity index (χ3v) is 9.15. The zero-order chi connectivity index (χ0) is 22.2. The first-order valence-corrected chi connectivity index (χ1v) is 12.7. The number of methoxy groups -OCH3 is 1. The minimum atomic E-state index is -3.56. The first kappa shape index (κ1) is 22.0.